The fourth-order valence-electron chi connectivity index (χ4n) is 7.94. The van der Waals surface area contributed by atoms with Crippen LogP contribution in [0.1, 0.15) is 145 Å². The van der Waals surface area contributed by atoms with Crippen molar-refractivity contribution in [2.24, 2.45) is 0 Å². The summed E-state index contributed by atoms with van der Waals surface area (Å²) in [5.74, 6) is 0. The van der Waals surface area contributed by atoms with Gasteiger partial charge in [0.15, 0.2) is 0 Å². The van der Waals surface area contributed by atoms with Gasteiger partial charge in [-0.15, -0.1) is 6.58 Å². The summed E-state index contributed by atoms with van der Waals surface area (Å²) in [5, 5.41) is 0. The highest BCUT2D eigenvalue weighted by Crippen LogP contribution is 2.41. The molecule has 45 heavy (non-hydrogen) atoms. The Morgan fingerprint density at radius 1 is 0.533 bits per heavy atom. The molecule has 0 spiro atoms. The molecule has 0 atom stereocenters. The lowest BCUT2D eigenvalue weighted by molar-refractivity contribution is 0.840. The number of aryl methyl sites for hydroxylation is 5. The van der Waals surface area contributed by atoms with Gasteiger partial charge in [0.25, 0.3) is 0 Å². The van der Waals surface area contributed by atoms with Crippen molar-refractivity contribution < 1.29 is 0 Å². The van der Waals surface area contributed by atoms with E-state index in [0.717, 1.165) is 87.7 Å². The minimum absolute atomic E-state index is 0.957. The van der Waals surface area contributed by atoms with Gasteiger partial charge in [0, 0.05) is 27.6 Å². The number of aromatic nitrogens is 4. The van der Waals surface area contributed by atoms with Crippen molar-refractivity contribution in [2.75, 3.05) is 0 Å². The largest absolute Gasteiger partial charge is 0.355 e. The zero-order valence-corrected chi connectivity index (χ0v) is 29.2. The normalized spacial score (nSPS) is 13.3. The summed E-state index contributed by atoms with van der Waals surface area (Å²) in [5.41, 5.74) is 21.9. The topological polar surface area (TPSA) is 57.4 Å². The molecular weight excluding hydrogens is 548 g/mol. The molecule has 0 fully saturated rings. The van der Waals surface area contributed by atoms with Crippen LogP contribution in [0.5, 0.6) is 0 Å². The van der Waals surface area contributed by atoms with Crippen molar-refractivity contribution in [2.45, 2.75) is 126 Å². The Kier molecular flexibility index (Phi) is 10.3. The molecule has 5 rings (SSSR count). The smallest absolute Gasteiger partial charge is 0.0725 e. The average Bonchev–Trinajstić information content (AvgIpc) is 3.78. The maximum Gasteiger partial charge on any atom is 0.0725 e. The number of nitrogens with zero attached hydrogens (tertiary/aromatic N) is 2. The van der Waals surface area contributed by atoms with Gasteiger partial charge in [0.05, 0.1) is 22.8 Å². The number of fused-ring (bicyclic) bond motifs is 8. The van der Waals surface area contributed by atoms with E-state index < -0.39 is 0 Å². The molecule has 3 aromatic rings. The third-order valence-corrected chi connectivity index (χ3v) is 10.0. The van der Waals surface area contributed by atoms with Crippen LogP contribution in [0.25, 0.3) is 44.4 Å². The quantitative estimate of drug-likeness (QED) is 0.160. The zero-order chi connectivity index (χ0) is 32.2. The molecule has 4 nitrogen and oxygen atoms in total. The van der Waals surface area contributed by atoms with Crippen molar-refractivity contribution in [1.82, 2.24) is 19.9 Å². The van der Waals surface area contributed by atoms with Gasteiger partial charge in [0.1, 0.15) is 0 Å². The van der Waals surface area contributed by atoms with E-state index >= 15 is 0 Å². The Hall–Kier alpha value is -3.66. The molecule has 0 saturated heterocycles. The third-order valence-electron chi connectivity index (χ3n) is 10.0. The monoisotopic (exact) mass is 602 g/mol. The standard InChI is InChI=1S/C41H54N4/c1-10-19-20-21-33-40-31(17-8)29(15-6)38(44-40)23-36-27(13-4)25(11-2)34(42-36)22-35-26(12-3)28(14-5)37(43-35)24-39-30(16-7)32(18-9)41(33)45-39/h10,22-24,42,44H,1,11-21H2,2-9H3. The number of aromatic amines is 2. The van der Waals surface area contributed by atoms with Crippen LogP contribution in [0.15, 0.2) is 30.9 Å². The Balaban J connectivity index is 2.07. The molecule has 2 N–H and O–H groups in total. The van der Waals surface area contributed by atoms with Gasteiger partial charge in [0.2, 0.25) is 0 Å². The number of allylic oxidation sites excluding steroid dienone is 5. The minimum atomic E-state index is 0.957. The number of hydrogen-bond acceptors (Lipinski definition) is 2. The highest BCUT2D eigenvalue weighted by Gasteiger charge is 2.25. The highest BCUT2D eigenvalue weighted by atomic mass is 14.8. The molecule has 4 heteroatoms. The second kappa shape index (κ2) is 14.2. The summed E-state index contributed by atoms with van der Waals surface area (Å²) < 4.78 is 0. The molecule has 2 aliphatic rings. The van der Waals surface area contributed by atoms with Crippen LogP contribution in [0.4, 0.5) is 0 Å². The number of hydrogen-bond donors (Lipinski definition) is 2. The lowest BCUT2D eigenvalue weighted by Crippen LogP contribution is -1.97. The highest BCUT2D eigenvalue weighted by molar-refractivity contribution is 5.97. The van der Waals surface area contributed by atoms with Gasteiger partial charge in [-0.3, -0.25) is 0 Å². The molecule has 238 valence electrons. The van der Waals surface area contributed by atoms with Gasteiger partial charge in [-0.1, -0.05) is 61.5 Å². The van der Waals surface area contributed by atoms with Crippen molar-refractivity contribution in [3.05, 3.63) is 81.4 Å². The molecule has 2 aliphatic heterocycles. The SMILES string of the molecule is C=CCCCc1c2nc(cc3nc(cc4[nH]c(cc5[nH]c1c(CC)c5CC)c(CC)c4CC)C(CC)=C3CC)C(CC)=C2CC. The van der Waals surface area contributed by atoms with E-state index in [1.165, 1.54) is 77.9 Å². The fraction of sp³-hybridized carbons (Fsp3) is 0.463. The molecule has 0 amide bonds. The predicted octanol–water partition coefficient (Wildman–Crippen LogP) is 11.5. The van der Waals surface area contributed by atoms with Gasteiger partial charge in [-0.25, -0.2) is 9.97 Å². The second-order valence-electron chi connectivity index (χ2n) is 12.3. The van der Waals surface area contributed by atoms with E-state index in [2.05, 4.69) is 90.1 Å². The Morgan fingerprint density at radius 2 is 1.02 bits per heavy atom. The number of H-pyrrole nitrogens is 2. The number of unbranched alkanes of at least 4 members (excludes halogenated alkanes) is 1. The lowest BCUT2D eigenvalue weighted by Gasteiger charge is -2.10. The Morgan fingerprint density at radius 3 is 1.58 bits per heavy atom. The van der Waals surface area contributed by atoms with E-state index in [1.807, 2.05) is 6.08 Å². The van der Waals surface area contributed by atoms with Gasteiger partial charge < -0.3 is 9.97 Å². The van der Waals surface area contributed by atoms with Crippen molar-refractivity contribution in [3.63, 3.8) is 0 Å². The number of nitrogens with one attached hydrogen (secondary N) is 2. The van der Waals surface area contributed by atoms with E-state index in [1.54, 1.807) is 0 Å². The van der Waals surface area contributed by atoms with E-state index in [9.17, 15) is 0 Å². The van der Waals surface area contributed by atoms with E-state index in [0.29, 0.717) is 0 Å². The van der Waals surface area contributed by atoms with Gasteiger partial charge in [-0.2, -0.15) is 0 Å². The summed E-state index contributed by atoms with van der Waals surface area (Å²) in [4.78, 5) is 18.8. The van der Waals surface area contributed by atoms with Crippen LogP contribution >= 0.6 is 0 Å². The summed E-state index contributed by atoms with van der Waals surface area (Å²) in [6.07, 6.45) is 12.9. The predicted molar refractivity (Wildman–Crippen MR) is 196 cm³/mol. The summed E-state index contributed by atoms with van der Waals surface area (Å²) in [6.45, 7) is 22.3. The maximum absolute atomic E-state index is 5.53. The van der Waals surface area contributed by atoms with Crippen LogP contribution in [-0.2, 0) is 32.1 Å². The Bertz CT molecular complexity index is 1820. The van der Waals surface area contributed by atoms with Gasteiger partial charge >= 0.3 is 0 Å². The van der Waals surface area contributed by atoms with Crippen LogP contribution in [0, 0.1) is 0 Å². The first-order chi connectivity index (χ1) is 21.9. The average molecular weight is 603 g/mol. The van der Waals surface area contributed by atoms with Crippen LogP contribution in [-0.4, -0.2) is 19.9 Å². The van der Waals surface area contributed by atoms with Crippen molar-refractivity contribution in [1.29, 1.82) is 0 Å². The third kappa shape index (κ3) is 5.77. The minimum Gasteiger partial charge on any atom is -0.355 e. The first-order valence-corrected chi connectivity index (χ1v) is 17.8. The molecule has 0 unspecified atom stereocenters. The molecule has 0 radical (unpaired) electrons. The molecule has 8 bridgehead atoms. The Labute approximate surface area is 271 Å². The van der Waals surface area contributed by atoms with Crippen LogP contribution < -0.4 is 0 Å². The van der Waals surface area contributed by atoms with E-state index in [4.69, 9.17) is 9.97 Å². The van der Waals surface area contributed by atoms with Crippen molar-refractivity contribution >= 4 is 44.4 Å². The number of rotatable bonds is 12. The molecule has 0 aromatic carbocycles. The summed E-state index contributed by atoms with van der Waals surface area (Å²) in [7, 11) is 0. The fourth-order valence-corrected chi connectivity index (χ4v) is 7.94. The lowest BCUT2D eigenvalue weighted by atomic mass is 9.94. The zero-order valence-electron chi connectivity index (χ0n) is 29.2. The summed E-state index contributed by atoms with van der Waals surface area (Å²) >= 11 is 0. The maximum atomic E-state index is 5.53. The first-order valence-electron chi connectivity index (χ1n) is 17.8. The molecule has 0 aliphatic carbocycles. The molecule has 5 heterocycles. The van der Waals surface area contributed by atoms with Crippen LogP contribution in [0.2, 0.25) is 0 Å². The molecule has 0 saturated carbocycles. The first kappa shape index (κ1) is 32.7. The molecule has 3 aromatic heterocycles. The summed E-state index contributed by atoms with van der Waals surface area (Å²) in [6, 6.07) is 7.01. The van der Waals surface area contributed by atoms with Crippen LogP contribution in [0.3, 0.4) is 0 Å². The van der Waals surface area contributed by atoms with E-state index in [-0.39, 0.29) is 0 Å². The second-order valence-corrected chi connectivity index (χ2v) is 12.3. The van der Waals surface area contributed by atoms with Gasteiger partial charge in [-0.05, 0) is 133 Å². The molecular formula is C41H54N4. The van der Waals surface area contributed by atoms with Crippen molar-refractivity contribution in [3.8, 4) is 0 Å².